The average Bonchev–Trinajstić information content (AvgIpc) is 2.83. The maximum absolute atomic E-state index is 13.4. The first-order valence-corrected chi connectivity index (χ1v) is 14.0. The minimum atomic E-state index is -3.67. The van der Waals surface area contributed by atoms with Gasteiger partial charge in [-0.05, 0) is 55.5 Å². The van der Waals surface area contributed by atoms with Crippen LogP contribution in [0.4, 0.5) is 23.0 Å². The van der Waals surface area contributed by atoms with Crippen molar-refractivity contribution in [3.05, 3.63) is 42.0 Å². The minimum absolute atomic E-state index is 0.288. The summed E-state index contributed by atoms with van der Waals surface area (Å²) in [5.74, 6) is 1.28. The Labute approximate surface area is 207 Å². The number of nitrogens with zero attached hydrogens (tertiary/aromatic N) is 3. The molecule has 1 aromatic heterocycles. The molecule has 0 aliphatic carbocycles. The zero-order valence-electron chi connectivity index (χ0n) is 20.2. The number of piperidine rings is 1. The van der Waals surface area contributed by atoms with Crippen molar-refractivity contribution in [3.8, 4) is 0 Å². The lowest BCUT2D eigenvalue weighted by Gasteiger charge is -2.35. The number of carbonyl (C=O) groups is 1. The SMILES string of the molecule is CN1CCCCCC2CCN(CC2)c2cc(NS(=O)(=O)CCO)ccc2C(=O)Nc2cccc1n2. The molecule has 3 aliphatic rings. The first-order valence-electron chi connectivity index (χ1n) is 12.3. The van der Waals surface area contributed by atoms with E-state index in [2.05, 4.69) is 24.8 Å². The summed E-state index contributed by atoms with van der Waals surface area (Å²) in [7, 11) is -1.65. The van der Waals surface area contributed by atoms with Crippen LogP contribution >= 0.6 is 0 Å². The summed E-state index contributed by atoms with van der Waals surface area (Å²) >= 11 is 0. The van der Waals surface area contributed by atoms with Gasteiger partial charge in [0.05, 0.1) is 29.3 Å². The molecule has 0 atom stereocenters. The van der Waals surface area contributed by atoms with Crippen LogP contribution in [0.3, 0.4) is 0 Å². The second-order valence-electron chi connectivity index (χ2n) is 9.41. The molecule has 0 spiro atoms. The Bertz CT molecular complexity index is 1130. The Morgan fingerprint density at radius 1 is 1.09 bits per heavy atom. The van der Waals surface area contributed by atoms with Crippen molar-refractivity contribution in [1.29, 1.82) is 0 Å². The highest BCUT2D eigenvalue weighted by Gasteiger charge is 2.24. The second-order valence-corrected chi connectivity index (χ2v) is 11.3. The Hall–Kier alpha value is -2.85. The third-order valence-electron chi connectivity index (χ3n) is 6.80. The number of rotatable bonds is 4. The van der Waals surface area contributed by atoms with Crippen LogP contribution in [0.25, 0.3) is 0 Å². The van der Waals surface area contributed by atoms with Crippen molar-refractivity contribution in [1.82, 2.24) is 4.98 Å². The standard InChI is InChI=1S/C25H35N5O4S/c1-29-13-4-2-3-6-19-11-14-30(15-12-19)22-18-20(28-35(33,34)17-16-31)9-10-21(22)25(32)27-23-7-5-8-24(29)26-23/h5,7-10,18-19,28,31H,2-4,6,11-17H2,1H3,(H,26,27,32). The Balaban J connectivity index is 1.67. The van der Waals surface area contributed by atoms with Crippen LogP contribution in [0.2, 0.25) is 0 Å². The number of aromatic nitrogens is 1. The second kappa shape index (κ2) is 11.3. The number of benzene rings is 1. The van der Waals surface area contributed by atoms with Crippen molar-refractivity contribution in [2.75, 3.05) is 58.9 Å². The third-order valence-corrected chi connectivity index (χ3v) is 8.07. The fraction of sp³-hybridized carbons (Fsp3) is 0.520. The first kappa shape index (κ1) is 25.2. The minimum Gasteiger partial charge on any atom is -0.395 e. The highest BCUT2D eigenvalue weighted by Crippen LogP contribution is 2.32. The number of hydrogen-bond donors (Lipinski definition) is 3. The van der Waals surface area contributed by atoms with Crippen molar-refractivity contribution in [3.63, 3.8) is 0 Å². The summed E-state index contributed by atoms with van der Waals surface area (Å²) in [4.78, 5) is 22.3. The van der Waals surface area contributed by atoms with Gasteiger partial charge in [-0.3, -0.25) is 9.52 Å². The molecule has 190 valence electrons. The Kier molecular flexibility index (Phi) is 8.12. The van der Waals surface area contributed by atoms with Crippen molar-refractivity contribution in [2.24, 2.45) is 5.92 Å². The van der Waals surface area contributed by atoms with Crippen LogP contribution in [0.5, 0.6) is 0 Å². The first-order chi connectivity index (χ1) is 16.8. The van der Waals surface area contributed by atoms with Gasteiger partial charge in [-0.15, -0.1) is 0 Å². The number of anilines is 4. The fourth-order valence-corrected chi connectivity index (χ4v) is 5.65. The van der Waals surface area contributed by atoms with E-state index in [1.165, 1.54) is 19.3 Å². The summed E-state index contributed by atoms with van der Waals surface area (Å²) < 4.78 is 26.9. The van der Waals surface area contributed by atoms with Crippen molar-refractivity contribution < 1.29 is 18.3 Å². The van der Waals surface area contributed by atoms with E-state index in [-0.39, 0.29) is 11.7 Å². The summed E-state index contributed by atoms with van der Waals surface area (Å²) in [5.41, 5.74) is 1.54. The van der Waals surface area contributed by atoms with Gasteiger partial charge in [0, 0.05) is 26.7 Å². The molecule has 3 aliphatic heterocycles. The zero-order chi connectivity index (χ0) is 24.8. The summed E-state index contributed by atoms with van der Waals surface area (Å²) in [6, 6.07) is 10.5. The Morgan fingerprint density at radius 3 is 2.66 bits per heavy atom. The average molecular weight is 502 g/mol. The van der Waals surface area contributed by atoms with E-state index in [0.717, 1.165) is 44.7 Å². The molecule has 0 radical (unpaired) electrons. The predicted octanol–water partition coefficient (Wildman–Crippen LogP) is 3.29. The molecule has 1 fully saturated rings. The molecule has 1 amide bonds. The van der Waals surface area contributed by atoms with Gasteiger partial charge in [-0.25, -0.2) is 13.4 Å². The normalized spacial score (nSPS) is 18.1. The van der Waals surface area contributed by atoms with E-state index in [0.29, 0.717) is 28.7 Å². The van der Waals surface area contributed by atoms with Gasteiger partial charge < -0.3 is 20.2 Å². The van der Waals surface area contributed by atoms with Crippen molar-refractivity contribution >= 4 is 38.9 Å². The van der Waals surface area contributed by atoms with Gasteiger partial charge in [0.15, 0.2) is 0 Å². The number of fused-ring (bicyclic) bond motifs is 8. The van der Waals surface area contributed by atoms with Crippen molar-refractivity contribution in [2.45, 2.75) is 38.5 Å². The van der Waals surface area contributed by atoms with E-state index in [1.807, 2.05) is 19.2 Å². The number of amides is 1. The molecule has 1 aromatic carbocycles. The number of aliphatic hydroxyl groups excluding tert-OH is 1. The fourth-order valence-electron chi connectivity index (χ4n) is 4.82. The quantitative estimate of drug-likeness (QED) is 0.589. The number of carbonyl (C=O) groups excluding carboxylic acids is 1. The van der Waals surface area contributed by atoms with E-state index < -0.39 is 16.6 Å². The molecule has 4 bridgehead atoms. The molecular weight excluding hydrogens is 466 g/mol. The van der Waals surface area contributed by atoms with Crippen LogP contribution < -0.4 is 19.8 Å². The summed E-state index contributed by atoms with van der Waals surface area (Å²) in [5, 5.41) is 12.0. The number of pyridine rings is 1. The molecule has 2 aromatic rings. The highest BCUT2D eigenvalue weighted by atomic mass is 32.2. The number of nitrogens with one attached hydrogen (secondary N) is 2. The molecule has 9 nitrogen and oxygen atoms in total. The van der Waals surface area contributed by atoms with E-state index >= 15 is 0 Å². The van der Waals surface area contributed by atoms with E-state index in [4.69, 9.17) is 5.11 Å². The van der Waals surface area contributed by atoms with Crippen LogP contribution in [-0.4, -0.2) is 63.5 Å². The molecular formula is C25H35N5O4S. The van der Waals surface area contributed by atoms with E-state index in [1.54, 1.807) is 24.3 Å². The highest BCUT2D eigenvalue weighted by molar-refractivity contribution is 7.92. The van der Waals surface area contributed by atoms with Crippen LogP contribution in [-0.2, 0) is 10.0 Å². The summed E-state index contributed by atoms with van der Waals surface area (Å²) in [6.45, 7) is 2.08. The molecule has 3 N–H and O–H groups in total. The van der Waals surface area contributed by atoms with Gasteiger partial charge in [-0.2, -0.15) is 0 Å². The monoisotopic (exact) mass is 501 g/mol. The molecule has 1 saturated heterocycles. The predicted molar refractivity (Wildman–Crippen MR) is 140 cm³/mol. The van der Waals surface area contributed by atoms with Gasteiger partial charge in [-0.1, -0.05) is 25.3 Å². The number of hydrogen-bond acceptors (Lipinski definition) is 7. The lowest BCUT2D eigenvalue weighted by atomic mass is 9.90. The molecule has 4 heterocycles. The Morgan fingerprint density at radius 2 is 1.89 bits per heavy atom. The largest absolute Gasteiger partial charge is 0.395 e. The molecule has 10 heteroatoms. The maximum atomic E-state index is 13.4. The van der Waals surface area contributed by atoms with Gasteiger partial charge in [0.25, 0.3) is 5.91 Å². The third kappa shape index (κ3) is 6.64. The number of sulfonamides is 1. The molecule has 0 unspecified atom stereocenters. The molecule has 5 rings (SSSR count). The van der Waals surface area contributed by atoms with Crippen LogP contribution in [0.1, 0.15) is 48.9 Å². The van der Waals surface area contributed by atoms with E-state index in [9.17, 15) is 13.2 Å². The van der Waals surface area contributed by atoms with Crippen LogP contribution in [0, 0.1) is 5.92 Å². The van der Waals surface area contributed by atoms with Gasteiger partial charge in [0.2, 0.25) is 10.0 Å². The van der Waals surface area contributed by atoms with Crippen LogP contribution in [0.15, 0.2) is 36.4 Å². The smallest absolute Gasteiger partial charge is 0.258 e. The number of aliphatic hydroxyl groups is 1. The topological polar surface area (TPSA) is 115 Å². The van der Waals surface area contributed by atoms with Gasteiger partial charge >= 0.3 is 0 Å². The lowest BCUT2D eigenvalue weighted by Crippen LogP contribution is -2.35. The lowest BCUT2D eigenvalue weighted by molar-refractivity contribution is 0.102. The van der Waals surface area contributed by atoms with Gasteiger partial charge in [0.1, 0.15) is 11.6 Å². The summed E-state index contributed by atoms with van der Waals surface area (Å²) in [6.07, 6.45) is 6.79. The maximum Gasteiger partial charge on any atom is 0.258 e. The zero-order valence-corrected chi connectivity index (χ0v) is 21.1. The molecule has 0 saturated carbocycles. The molecule has 35 heavy (non-hydrogen) atoms.